The van der Waals surface area contributed by atoms with E-state index in [4.69, 9.17) is 28.7 Å². The van der Waals surface area contributed by atoms with E-state index < -0.39 is 102 Å². The molecule has 19 N–H and O–H groups in total. The molecule has 1 fully saturated rings. The first-order chi connectivity index (χ1) is 33.3. The van der Waals surface area contributed by atoms with Gasteiger partial charge in [-0.3, -0.25) is 53.1 Å². The zero-order valence-corrected chi connectivity index (χ0v) is 39.0. The monoisotopic (exact) mass is 973 g/mol. The Hall–Kier alpha value is -8.25. The Balaban J connectivity index is 1.74. The van der Waals surface area contributed by atoms with Gasteiger partial charge >= 0.3 is 0 Å². The number of primary amides is 1. The lowest BCUT2D eigenvalue weighted by Gasteiger charge is -2.27. The molecule has 25 nitrogen and oxygen atoms in total. The summed E-state index contributed by atoms with van der Waals surface area (Å²) in [5, 5.41) is 21.4. The highest BCUT2D eigenvalue weighted by Gasteiger charge is 2.34. The van der Waals surface area contributed by atoms with Gasteiger partial charge in [0.05, 0.1) is 6.42 Å². The topological polar surface area (TPSA) is 420 Å². The molecule has 1 saturated heterocycles. The second-order valence-electron chi connectivity index (χ2n) is 16.7. The number of guanidine groups is 2. The minimum Gasteiger partial charge on any atom is -0.370 e. The number of aliphatic imine (C=N–C) groups is 2. The predicted octanol–water partition coefficient (Wildman–Crippen LogP) is -4.11. The summed E-state index contributed by atoms with van der Waals surface area (Å²) in [5.74, 6) is -7.92. The summed E-state index contributed by atoms with van der Waals surface area (Å²) in [7, 11) is 0. The number of fused-ring (bicyclic) bond motifs is 1. The van der Waals surface area contributed by atoms with Crippen LogP contribution in [-0.2, 0) is 56.0 Å². The number of para-hydroxylation sites is 1. The number of hydrogen-bond acceptors (Lipinski definition) is 11. The van der Waals surface area contributed by atoms with E-state index in [2.05, 4.69) is 57.5 Å². The predicted molar refractivity (Wildman–Crippen MR) is 258 cm³/mol. The number of aromatic amines is 1. The number of benzene rings is 2. The zero-order valence-electron chi connectivity index (χ0n) is 39.0. The average molecular weight is 973 g/mol. The smallest absolute Gasteiger partial charge is 0.243 e. The van der Waals surface area contributed by atoms with E-state index >= 15 is 0 Å². The van der Waals surface area contributed by atoms with E-state index in [-0.39, 0.29) is 76.5 Å². The third kappa shape index (κ3) is 17.8. The summed E-state index contributed by atoms with van der Waals surface area (Å²) in [6.45, 7) is 2.38. The van der Waals surface area contributed by atoms with Gasteiger partial charge in [-0.2, -0.15) is 0 Å². The second kappa shape index (κ2) is 26.9. The Kier molecular flexibility index (Phi) is 20.9. The Bertz CT molecular complexity index is 2400. The number of carbonyl (C=O) groups is 9. The third-order valence-corrected chi connectivity index (χ3v) is 11.1. The first-order valence-electron chi connectivity index (χ1n) is 22.7. The van der Waals surface area contributed by atoms with Crippen molar-refractivity contribution in [2.24, 2.45) is 38.7 Å². The summed E-state index contributed by atoms with van der Waals surface area (Å²) >= 11 is 0. The van der Waals surface area contributed by atoms with Crippen LogP contribution in [0.5, 0.6) is 0 Å². The van der Waals surface area contributed by atoms with Crippen molar-refractivity contribution in [1.82, 2.24) is 47.5 Å². The van der Waals surface area contributed by atoms with Gasteiger partial charge in [-0.15, -0.1) is 0 Å². The van der Waals surface area contributed by atoms with Gasteiger partial charge in [0.2, 0.25) is 53.2 Å². The molecule has 1 aromatic heterocycles. The minimum absolute atomic E-state index is 0.0213. The molecule has 25 heteroatoms. The SMILES string of the molecule is CC(=O)N[C@@H](CCCN=C(N)N)C(=O)N[C@H]1CC(=O)NCC[C@@H](C(N)=O)NC(=O)[C@H](Cc2c[nH]c3ccccc23)NC(=O)[C@H](CCCN=C(N)N)NC(=O)[C@@H](Cc2ccccc2)NC(=O)[C@@H](C)NC1=O. The van der Waals surface area contributed by atoms with E-state index in [0.29, 0.717) is 11.1 Å². The number of amides is 9. The van der Waals surface area contributed by atoms with Crippen LogP contribution in [0.15, 0.2) is 70.8 Å². The second-order valence-corrected chi connectivity index (χ2v) is 16.7. The number of nitrogens with zero attached hydrogens (tertiary/aromatic N) is 2. The molecule has 0 aliphatic carbocycles. The zero-order chi connectivity index (χ0) is 51.3. The molecule has 0 spiro atoms. The van der Waals surface area contributed by atoms with Crippen molar-refractivity contribution in [2.45, 2.75) is 108 Å². The Morgan fingerprint density at radius 2 is 1.31 bits per heavy atom. The highest BCUT2D eigenvalue weighted by molar-refractivity contribution is 5.99. The Labute approximate surface area is 403 Å². The fraction of sp³-hybridized carbons (Fsp3) is 0.444. The summed E-state index contributed by atoms with van der Waals surface area (Å²) < 4.78 is 0. The van der Waals surface area contributed by atoms with Crippen LogP contribution in [0, 0.1) is 0 Å². The van der Waals surface area contributed by atoms with Crippen molar-refractivity contribution in [1.29, 1.82) is 0 Å². The van der Waals surface area contributed by atoms with Gasteiger partial charge in [-0.05, 0) is 56.2 Å². The number of rotatable bonds is 16. The number of H-pyrrole nitrogens is 1. The van der Waals surface area contributed by atoms with Crippen LogP contribution in [0.1, 0.15) is 63.5 Å². The Morgan fingerprint density at radius 1 is 0.714 bits per heavy atom. The van der Waals surface area contributed by atoms with Crippen LogP contribution in [0.4, 0.5) is 0 Å². The van der Waals surface area contributed by atoms with Gasteiger partial charge in [0.25, 0.3) is 0 Å². The van der Waals surface area contributed by atoms with Gasteiger partial charge in [0.15, 0.2) is 11.9 Å². The van der Waals surface area contributed by atoms with E-state index in [1.165, 1.54) is 13.8 Å². The Morgan fingerprint density at radius 3 is 1.99 bits per heavy atom. The van der Waals surface area contributed by atoms with Gasteiger partial charge in [0, 0.05) is 56.5 Å². The minimum atomic E-state index is -1.65. The summed E-state index contributed by atoms with van der Waals surface area (Å²) in [4.78, 5) is 134. The van der Waals surface area contributed by atoms with E-state index in [1.54, 1.807) is 42.6 Å². The molecule has 9 amide bonds. The van der Waals surface area contributed by atoms with Crippen LogP contribution >= 0.6 is 0 Å². The molecular weight excluding hydrogens is 909 g/mol. The summed E-state index contributed by atoms with van der Waals surface area (Å²) in [6, 6.07) is 6.14. The summed E-state index contributed by atoms with van der Waals surface area (Å²) in [6.07, 6.45) is 0.887. The third-order valence-electron chi connectivity index (χ3n) is 11.1. The molecule has 0 radical (unpaired) electrons. The van der Waals surface area contributed by atoms with Crippen molar-refractivity contribution in [3.63, 3.8) is 0 Å². The molecule has 4 rings (SSSR count). The van der Waals surface area contributed by atoms with E-state index in [0.717, 1.165) is 10.9 Å². The fourth-order valence-corrected chi connectivity index (χ4v) is 7.45. The molecule has 70 heavy (non-hydrogen) atoms. The molecule has 0 saturated carbocycles. The number of nitrogens with two attached hydrogens (primary N) is 5. The first-order valence-corrected chi connectivity index (χ1v) is 22.7. The van der Waals surface area contributed by atoms with E-state index in [9.17, 15) is 43.2 Å². The number of aromatic nitrogens is 1. The van der Waals surface area contributed by atoms with Crippen LogP contribution in [0.25, 0.3) is 10.9 Å². The molecule has 1 aliphatic heterocycles. The maximum Gasteiger partial charge on any atom is 0.243 e. The van der Waals surface area contributed by atoms with Crippen molar-refractivity contribution >= 4 is 76.0 Å². The molecule has 0 unspecified atom stereocenters. The molecule has 7 atom stereocenters. The normalized spacial score (nSPS) is 21.4. The van der Waals surface area contributed by atoms with Gasteiger partial charge < -0.3 is 76.2 Å². The standard InChI is InChI=1S/C45H64N16O9/c1-24-38(65)59-33(20-26-10-4-3-5-11-26)42(69)58-32(15-9-18-53-45(49)50)40(67)60-34(21-27-23-54-29-13-7-6-12-28(27)29)43(70)57-30(37(46)64)16-19-51-36(63)22-35(41(68)55-24)61-39(66)31(56-25(2)62)14-8-17-52-44(47)48/h3-7,10-13,23-24,30-35,54H,8-9,14-22H2,1-2H3,(H2,46,64)(H,51,63)(H,55,68)(H,56,62)(H,57,70)(H,58,69)(H,59,65)(H,60,67)(H,61,66)(H4,47,48,52)(H4,49,50,53)/t24-,30+,31+,32+,33-,34+,35+/m1/s1. The maximum atomic E-state index is 14.4. The van der Waals surface area contributed by atoms with Crippen LogP contribution in [0.3, 0.4) is 0 Å². The van der Waals surface area contributed by atoms with Gasteiger partial charge in [-0.25, -0.2) is 0 Å². The summed E-state index contributed by atoms with van der Waals surface area (Å²) in [5.41, 5.74) is 29.6. The molecular formula is C45H64N16O9. The van der Waals surface area contributed by atoms with E-state index in [1.807, 2.05) is 18.2 Å². The maximum absolute atomic E-state index is 14.4. The number of hydrogen-bond donors (Lipinski definition) is 14. The highest BCUT2D eigenvalue weighted by atomic mass is 16.2. The highest BCUT2D eigenvalue weighted by Crippen LogP contribution is 2.20. The van der Waals surface area contributed by atoms with Gasteiger partial charge in [0.1, 0.15) is 42.3 Å². The lowest BCUT2D eigenvalue weighted by Crippen LogP contribution is -2.60. The van der Waals surface area contributed by atoms with Gasteiger partial charge in [-0.1, -0.05) is 48.5 Å². The number of nitrogens with one attached hydrogen (secondary N) is 9. The van der Waals surface area contributed by atoms with Crippen molar-refractivity contribution < 1.29 is 43.2 Å². The molecule has 3 aromatic rings. The van der Waals surface area contributed by atoms with Crippen LogP contribution < -0.4 is 71.2 Å². The largest absolute Gasteiger partial charge is 0.370 e. The average Bonchev–Trinajstić information content (AvgIpc) is 3.71. The molecule has 378 valence electrons. The van der Waals surface area contributed by atoms with Crippen LogP contribution in [0.2, 0.25) is 0 Å². The molecule has 1 aliphatic rings. The van der Waals surface area contributed by atoms with Crippen LogP contribution in [-0.4, -0.2) is 132 Å². The quantitative estimate of drug-likeness (QED) is 0.0369. The fourth-order valence-electron chi connectivity index (χ4n) is 7.45. The van der Waals surface area contributed by atoms with Crippen molar-refractivity contribution in [2.75, 3.05) is 19.6 Å². The number of carbonyl (C=O) groups excluding carboxylic acids is 9. The lowest BCUT2D eigenvalue weighted by atomic mass is 10.0. The van der Waals surface area contributed by atoms with Crippen molar-refractivity contribution in [3.05, 3.63) is 71.9 Å². The van der Waals surface area contributed by atoms with Crippen molar-refractivity contribution in [3.8, 4) is 0 Å². The molecule has 2 aromatic carbocycles. The lowest BCUT2D eigenvalue weighted by molar-refractivity contribution is -0.136. The molecule has 2 heterocycles. The first kappa shape index (κ1) is 54.4. The molecule has 0 bridgehead atoms.